The van der Waals surface area contributed by atoms with Crippen LogP contribution in [0.2, 0.25) is 10.0 Å². The van der Waals surface area contributed by atoms with Crippen molar-refractivity contribution < 1.29 is 14.3 Å². The average molecular weight is 383 g/mol. The Bertz CT molecular complexity index is 693. The standard InChI is InChI=1S/C18H20Cl2N2O3/c1-24-14-3-5-15(6-4-14)25-11-10-22-18(23)8-9-21-17-12-13(19)2-7-16(17)20/h2-7,12,21H,8-11H2,1H3,(H,22,23). The summed E-state index contributed by atoms with van der Waals surface area (Å²) in [5, 5.41) is 7.05. The van der Waals surface area contributed by atoms with Crippen molar-refractivity contribution in [3.8, 4) is 11.5 Å². The normalized spacial score (nSPS) is 10.2. The van der Waals surface area contributed by atoms with Crippen LogP contribution < -0.4 is 20.1 Å². The van der Waals surface area contributed by atoms with Gasteiger partial charge in [-0.2, -0.15) is 0 Å². The van der Waals surface area contributed by atoms with Crippen molar-refractivity contribution in [1.82, 2.24) is 5.32 Å². The van der Waals surface area contributed by atoms with Crippen molar-refractivity contribution in [3.63, 3.8) is 0 Å². The Labute approximate surface area is 157 Å². The fraction of sp³-hybridized carbons (Fsp3) is 0.278. The Kier molecular flexibility index (Phi) is 7.70. The fourth-order valence-electron chi connectivity index (χ4n) is 2.06. The summed E-state index contributed by atoms with van der Waals surface area (Å²) in [6, 6.07) is 12.4. The lowest BCUT2D eigenvalue weighted by Crippen LogP contribution is -2.29. The minimum Gasteiger partial charge on any atom is -0.497 e. The van der Waals surface area contributed by atoms with Gasteiger partial charge in [0.15, 0.2) is 0 Å². The number of ether oxygens (including phenoxy) is 2. The van der Waals surface area contributed by atoms with Crippen molar-refractivity contribution in [1.29, 1.82) is 0 Å². The molecule has 2 aromatic rings. The highest BCUT2D eigenvalue weighted by atomic mass is 35.5. The van der Waals surface area contributed by atoms with Crippen LogP contribution in [0.3, 0.4) is 0 Å². The summed E-state index contributed by atoms with van der Waals surface area (Å²) in [5.74, 6) is 1.43. The highest BCUT2D eigenvalue weighted by Crippen LogP contribution is 2.25. The molecular weight excluding hydrogens is 363 g/mol. The maximum atomic E-state index is 11.8. The third-order valence-electron chi connectivity index (χ3n) is 3.35. The number of hydrogen-bond acceptors (Lipinski definition) is 4. The van der Waals surface area contributed by atoms with E-state index in [9.17, 15) is 4.79 Å². The molecule has 25 heavy (non-hydrogen) atoms. The van der Waals surface area contributed by atoms with Crippen molar-refractivity contribution in [2.24, 2.45) is 0 Å². The number of anilines is 1. The van der Waals surface area contributed by atoms with Crippen LogP contribution in [0.5, 0.6) is 11.5 Å². The predicted molar refractivity (Wildman–Crippen MR) is 101 cm³/mol. The quantitative estimate of drug-likeness (QED) is 0.643. The zero-order chi connectivity index (χ0) is 18.1. The molecule has 134 valence electrons. The van der Waals surface area contributed by atoms with E-state index in [-0.39, 0.29) is 5.91 Å². The molecule has 0 saturated carbocycles. The Balaban J connectivity index is 1.61. The zero-order valence-electron chi connectivity index (χ0n) is 13.9. The van der Waals surface area contributed by atoms with Gasteiger partial charge in [-0.25, -0.2) is 0 Å². The molecule has 0 spiro atoms. The summed E-state index contributed by atoms with van der Waals surface area (Å²) < 4.78 is 10.6. The number of halogens is 2. The Morgan fingerprint density at radius 1 is 1.04 bits per heavy atom. The van der Waals surface area contributed by atoms with Gasteiger partial charge in [0.25, 0.3) is 0 Å². The summed E-state index contributed by atoms with van der Waals surface area (Å²) in [6.45, 7) is 1.29. The first-order valence-corrected chi connectivity index (χ1v) is 8.56. The van der Waals surface area contributed by atoms with Gasteiger partial charge in [0.1, 0.15) is 18.1 Å². The van der Waals surface area contributed by atoms with Crippen molar-refractivity contribution in [2.45, 2.75) is 6.42 Å². The van der Waals surface area contributed by atoms with Gasteiger partial charge in [0.05, 0.1) is 24.4 Å². The van der Waals surface area contributed by atoms with E-state index >= 15 is 0 Å². The van der Waals surface area contributed by atoms with E-state index in [2.05, 4.69) is 10.6 Å². The first-order chi connectivity index (χ1) is 12.1. The van der Waals surface area contributed by atoms with E-state index in [1.165, 1.54) is 0 Å². The minimum absolute atomic E-state index is 0.0658. The van der Waals surface area contributed by atoms with Crippen LogP contribution in [0.4, 0.5) is 5.69 Å². The van der Waals surface area contributed by atoms with E-state index in [1.807, 2.05) is 24.3 Å². The molecule has 0 aliphatic carbocycles. The molecule has 0 saturated heterocycles. The minimum atomic E-state index is -0.0658. The lowest BCUT2D eigenvalue weighted by Gasteiger charge is -2.10. The van der Waals surface area contributed by atoms with Gasteiger partial charge < -0.3 is 20.1 Å². The number of carbonyl (C=O) groups is 1. The molecule has 1 amide bonds. The van der Waals surface area contributed by atoms with Gasteiger partial charge in [-0.15, -0.1) is 0 Å². The van der Waals surface area contributed by atoms with Gasteiger partial charge in [0, 0.05) is 18.0 Å². The van der Waals surface area contributed by atoms with Crippen molar-refractivity contribution in [3.05, 3.63) is 52.5 Å². The molecule has 5 nitrogen and oxygen atoms in total. The molecule has 0 aromatic heterocycles. The van der Waals surface area contributed by atoms with Gasteiger partial charge in [-0.05, 0) is 42.5 Å². The maximum Gasteiger partial charge on any atom is 0.221 e. The lowest BCUT2D eigenvalue weighted by atomic mass is 10.3. The van der Waals surface area contributed by atoms with Crippen molar-refractivity contribution in [2.75, 3.05) is 32.1 Å². The molecule has 0 fully saturated rings. The van der Waals surface area contributed by atoms with E-state index < -0.39 is 0 Å². The molecule has 0 radical (unpaired) electrons. The van der Waals surface area contributed by atoms with E-state index in [4.69, 9.17) is 32.7 Å². The molecule has 2 aromatic carbocycles. The van der Waals surface area contributed by atoms with Gasteiger partial charge in [-0.1, -0.05) is 23.2 Å². The third-order valence-corrected chi connectivity index (χ3v) is 3.91. The van der Waals surface area contributed by atoms with E-state index in [0.717, 1.165) is 11.5 Å². The second kappa shape index (κ2) is 10.0. The fourth-order valence-corrected chi connectivity index (χ4v) is 2.42. The number of rotatable bonds is 9. The molecule has 0 bridgehead atoms. The van der Waals surface area contributed by atoms with Crippen LogP contribution in [0.1, 0.15) is 6.42 Å². The van der Waals surface area contributed by atoms with Crippen LogP contribution in [0.25, 0.3) is 0 Å². The van der Waals surface area contributed by atoms with Crippen LogP contribution >= 0.6 is 23.2 Å². The topological polar surface area (TPSA) is 59.6 Å². The SMILES string of the molecule is COc1ccc(OCCNC(=O)CCNc2cc(Cl)ccc2Cl)cc1. The molecule has 0 unspecified atom stereocenters. The monoisotopic (exact) mass is 382 g/mol. The molecular formula is C18H20Cl2N2O3. The number of benzene rings is 2. The molecule has 0 aliphatic heterocycles. The molecule has 0 aliphatic rings. The van der Waals surface area contributed by atoms with Crippen LogP contribution in [-0.4, -0.2) is 32.7 Å². The van der Waals surface area contributed by atoms with Gasteiger partial charge in [0.2, 0.25) is 5.91 Å². The average Bonchev–Trinajstić information content (AvgIpc) is 2.62. The summed E-state index contributed by atoms with van der Waals surface area (Å²) in [4.78, 5) is 11.8. The molecule has 0 atom stereocenters. The zero-order valence-corrected chi connectivity index (χ0v) is 15.4. The van der Waals surface area contributed by atoms with Gasteiger partial charge in [-0.3, -0.25) is 4.79 Å². The predicted octanol–water partition coefficient (Wildman–Crippen LogP) is 4.00. The number of amides is 1. The number of carbonyl (C=O) groups excluding carboxylic acids is 1. The first-order valence-electron chi connectivity index (χ1n) is 7.81. The highest BCUT2D eigenvalue weighted by Gasteiger charge is 2.04. The molecule has 7 heteroatoms. The number of hydrogen-bond donors (Lipinski definition) is 2. The summed E-state index contributed by atoms with van der Waals surface area (Å²) in [7, 11) is 1.61. The van der Waals surface area contributed by atoms with Crippen LogP contribution in [0, 0.1) is 0 Å². The number of nitrogens with one attached hydrogen (secondary N) is 2. The van der Waals surface area contributed by atoms with Crippen molar-refractivity contribution >= 4 is 34.8 Å². The first kappa shape index (κ1) is 19.2. The summed E-state index contributed by atoms with van der Waals surface area (Å²) in [5.41, 5.74) is 0.713. The van der Waals surface area contributed by atoms with E-state index in [0.29, 0.717) is 41.8 Å². The second-order valence-corrected chi connectivity index (χ2v) is 6.02. The van der Waals surface area contributed by atoms with Gasteiger partial charge >= 0.3 is 0 Å². The molecule has 2 rings (SSSR count). The summed E-state index contributed by atoms with van der Waals surface area (Å²) in [6.07, 6.45) is 0.325. The number of methoxy groups -OCH3 is 1. The third kappa shape index (κ3) is 6.72. The molecule has 0 heterocycles. The highest BCUT2D eigenvalue weighted by molar-refractivity contribution is 6.35. The van der Waals surface area contributed by atoms with E-state index in [1.54, 1.807) is 25.3 Å². The largest absolute Gasteiger partial charge is 0.497 e. The van der Waals surface area contributed by atoms with Crippen LogP contribution in [0.15, 0.2) is 42.5 Å². The lowest BCUT2D eigenvalue weighted by molar-refractivity contribution is -0.120. The van der Waals surface area contributed by atoms with Crippen LogP contribution in [-0.2, 0) is 4.79 Å². The molecule has 2 N–H and O–H groups in total. The second-order valence-electron chi connectivity index (χ2n) is 5.17. The Hall–Kier alpha value is -2.11. The Morgan fingerprint density at radius 2 is 1.76 bits per heavy atom. The summed E-state index contributed by atoms with van der Waals surface area (Å²) >= 11 is 12.0. The maximum absolute atomic E-state index is 11.8. The smallest absolute Gasteiger partial charge is 0.221 e. The Morgan fingerprint density at radius 3 is 2.48 bits per heavy atom.